The molecule has 12 heteroatoms. The Morgan fingerprint density at radius 1 is 1.02 bits per heavy atom. The van der Waals surface area contributed by atoms with Gasteiger partial charge in [-0.1, -0.05) is 6.07 Å². The number of ether oxygens (including phenoxy) is 3. The highest BCUT2D eigenvalue weighted by Gasteiger charge is 2.22. The molecule has 1 aliphatic rings. The Hall–Kier alpha value is -4.03. The summed E-state index contributed by atoms with van der Waals surface area (Å²) in [5, 5.41) is 5.99. The van der Waals surface area contributed by atoms with E-state index in [2.05, 4.69) is 62.3 Å². The number of piperazine rings is 1. The molecule has 2 N–H and O–H groups in total. The molecule has 0 atom stereocenters. The van der Waals surface area contributed by atoms with Crippen LogP contribution in [0.5, 0.6) is 23.5 Å². The van der Waals surface area contributed by atoms with Crippen molar-refractivity contribution in [2.45, 2.75) is 27.2 Å². The SMILES string of the molecule is CCN(CC)c1ccc(C)c(Oc2ccc(C(=O)Nc3c(OC)nc(NCCCN4CCN(C)CC4)nc3OC)o2)c1. The lowest BCUT2D eigenvalue weighted by molar-refractivity contribution is 0.0990. The zero-order chi connectivity index (χ0) is 30.1. The molecule has 1 aliphatic heterocycles. The highest BCUT2D eigenvalue weighted by molar-refractivity contribution is 6.03. The summed E-state index contributed by atoms with van der Waals surface area (Å²) in [4.78, 5) is 29.0. The van der Waals surface area contributed by atoms with Gasteiger partial charge in [-0.2, -0.15) is 9.97 Å². The first-order valence-corrected chi connectivity index (χ1v) is 14.4. The van der Waals surface area contributed by atoms with Gasteiger partial charge in [-0.3, -0.25) is 4.79 Å². The van der Waals surface area contributed by atoms with Gasteiger partial charge in [0, 0.05) is 63.6 Å². The van der Waals surface area contributed by atoms with Gasteiger partial charge >= 0.3 is 0 Å². The molecule has 1 fully saturated rings. The fraction of sp³-hybridized carbons (Fsp3) is 0.500. The molecule has 4 rings (SSSR count). The molecular weight excluding hydrogens is 538 g/mol. The number of aromatic nitrogens is 2. The largest absolute Gasteiger partial charge is 0.479 e. The molecule has 228 valence electrons. The second-order valence-corrected chi connectivity index (χ2v) is 10.2. The first-order chi connectivity index (χ1) is 20.3. The van der Waals surface area contributed by atoms with Gasteiger partial charge in [-0.05, 0) is 58.5 Å². The van der Waals surface area contributed by atoms with Crippen LogP contribution in [0.4, 0.5) is 17.3 Å². The molecule has 1 amide bonds. The van der Waals surface area contributed by atoms with Crippen molar-refractivity contribution >= 4 is 23.2 Å². The van der Waals surface area contributed by atoms with Crippen LogP contribution >= 0.6 is 0 Å². The number of likely N-dealkylation sites (N-methyl/N-ethyl adjacent to an activating group) is 1. The number of rotatable bonds is 14. The summed E-state index contributed by atoms with van der Waals surface area (Å²) in [6, 6.07) is 9.20. The third-order valence-electron chi connectivity index (χ3n) is 7.31. The van der Waals surface area contributed by atoms with E-state index in [-0.39, 0.29) is 29.2 Å². The minimum atomic E-state index is -0.522. The Labute approximate surface area is 247 Å². The molecule has 1 aromatic carbocycles. The summed E-state index contributed by atoms with van der Waals surface area (Å²) in [6.07, 6.45) is 0.943. The number of hydrogen-bond acceptors (Lipinski definition) is 11. The average Bonchev–Trinajstić information content (AvgIpc) is 3.47. The van der Waals surface area contributed by atoms with E-state index < -0.39 is 5.91 Å². The van der Waals surface area contributed by atoms with E-state index in [1.54, 1.807) is 12.1 Å². The van der Waals surface area contributed by atoms with Gasteiger partial charge in [0.2, 0.25) is 17.7 Å². The van der Waals surface area contributed by atoms with Crippen LogP contribution in [0.1, 0.15) is 36.4 Å². The number of methoxy groups -OCH3 is 2. The van der Waals surface area contributed by atoms with E-state index in [0.717, 1.165) is 63.5 Å². The first kappa shape index (κ1) is 30.9. The molecule has 0 spiro atoms. The number of carbonyl (C=O) groups excluding carboxylic acids is 1. The van der Waals surface area contributed by atoms with Crippen molar-refractivity contribution in [3.63, 3.8) is 0 Å². The maximum Gasteiger partial charge on any atom is 0.291 e. The van der Waals surface area contributed by atoms with Gasteiger partial charge in [-0.25, -0.2) is 0 Å². The molecule has 0 bridgehead atoms. The minimum Gasteiger partial charge on any atom is -0.479 e. The van der Waals surface area contributed by atoms with Crippen LogP contribution in [0.15, 0.2) is 34.7 Å². The van der Waals surface area contributed by atoms with E-state index in [4.69, 9.17) is 18.6 Å². The van der Waals surface area contributed by atoms with Crippen LogP contribution in [-0.4, -0.2) is 99.3 Å². The van der Waals surface area contributed by atoms with E-state index in [1.165, 1.54) is 14.2 Å². The molecule has 42 heavy (non-hydrogen) atoms. The quantitative estimate of drug-likeness (QED) is 0.265. The maximum absolute atomic E-state index is 13.1. The molecule has 1 saturated heterocycles. The van der Waals surface area contributed by atoms with Crippen molar-refractivity contribution in [3.05, 3.63) is 41.7 Å². The summed E-state index contributed by atoms with van der Waals surface area (Å²) in [5.41, 5.74) is 2.21. The first-order valence-electron chi connectivity index (χ1n) is 14.4. The summed E-state index contributed by atoms with van der Waals surface area (Å²) in [5.74, 6) is 1.09. The van der Waals surface area contributed by atoms with Crippen LogP contribution in [-0.2, 0) is 0 Å². The van der Waals surface area contributed by atoms with Gasteiger partial charge in [-0.15, -0.1) is 0 Å². The number of amides is 1. The van der Waals surface area contributed by atoms with Crippen LogP contribution in [0.3, 0.4) is 0 Å². The normalized spacial score (nSPS) is 14.0. The molecule has 12 nitrogen and oxygen atoms in total. The van der Waals surface area contributed by atoms with Crippen LogP contribution in [0.2, 0.25) is 0 Å². The van der Waals surface area contributed by atoms with E-state index in [9.17, 15) is 4.79 Å². The van der Waals surface area contributed by atoms with E-state index in [1.807, 2.05) is 19.1 Å². The number of furan rings is 1. The molecule has 3 heterocycles. The molecule has 0 unspecified atom stereocenters. The Bertz CT molecular complexity index is 1290. The van der Waals surface area contributed by atoms with Gasteiger partial charge in [0.15, 0.2) is 11.4 Å². The zero-order valence-corrected chi connectivity index (χ0v) is 25.5. The molecule has 0 aliphatic carbocycles. The second kappa shape index (κ2) is 14.7. The number of nitrogens with one attached hydrogen (secondary N) is 2. The smallest absolute Gasteiger partial charge is 0.291 e. The summed E-state index contributed by atoms with van der Waals surface area (Å²) in [7, 11) is 5.10. The van der Waals surface area contributed by atoms with Gasteiger partial charge < -0.3 is 44.0 Å². The van der Waals surface area contributed by atoms with Gasteiger partial charge in [0.05, 0.1) is 14.2 Å². The summed E-state index contributed by atoms with van der Waals surface area (Å²) < 4.78 is 22.7. The number of benzene rings is 1. The van der Waals surface area contributed by atoms with Crippen molar-refractivity contribution in [1.82, 2.24) is 19.8 Å². The number of aryl methyl sites for hydroxylation is 1. The monoisotopic (exact) mass is 581 g/mol. The maximum atomic E-state index is 13.1. The van der Waals surface area contributed by atoms with Gasteiger partial charge in [0.25, 0.3) is 11.9 Å². The predicted molar refractivity (Wildman–Crippen MR) is 164 cm³/mol. The summed E-state index contributed by atoms with van der Waals surface area (Å²) >= 11 is 0. The molecule has 3 aromatic rings. The highest BCUT2D eigenvalue weighted by atomic mass is 16.6. The Balaban J connectivity index is 1.39. The number of hydrogen-bond donors (Lipinski definition) is 2. The summed E-state index contributed by atoms with van der Waals surface area (Å²) in [6.45, 7) is 14.0. The van der Waals surface area contributed by atoms with Crippen molar-refractivity contribution in [1.29, 1.82) is 0 Å². The number of anilines is 3. The average molecular weight is 582 g/mol. The fourth-order valence-electron chi connectivity index (χ4n) is 4.74. The highest BCUT2D eigenvalue weighted by Crippen LogP contribution is 2.34. The van der Waals surface area contributed by atoms with Crippen molar-refractivity contribution in [2.24, 2.45) is 0 Å². The number of nitrogens with zero attached hydrogens (tertiary/aromatic N) is 5. The third-order valence-corrected chi connectivity index (χ3v) is 7.31. The van der Waals surface area contributed by atoms with Crippen molar-refractivity contribution < 1.29 is 23.4 Å². The number of carbonyl (C=O) groups is 1. The third kappa shape index (κ3) is 7.83. The van der Waals surface area contributed by atoms with Crippen molar-refractivity contribution in [3.8, 4) is 23.5 Å². The fourth-order valence-corrected chi connectivity index (χ4v) is 4.74. The van der Waals surface area contributed by atoms with Gasteiger partial charge in [0.1, 0.15) is 5.75 Å². The lowest BCUT2D eigenvalue weighted by atomic mass is 10.2. The Morgan fingerprint density at radius 2 is 1.71 bits per heavy atom. The van der Waals surface area contributed by atoms with Crippen LogP contribution in [0, 0.1) is 6.92 Å². The molecule has 0 saturated carbocycles. The lowest BCUT2D eigenvalue weighted by Gasteiger charge is -2.32. The van der Waals surface area contributed by atoms with Crippen LogP contribution in [0.25, 0.3) is 0 Å². The second-order valence-electron chi connectivity index (χ2n) is 10.2. The Kier molecular flexibility index (Phi) is 10.8. The van der Waals surface area contributed by atoms with Crippen LogP contribution < -0.4 is 29.7 Å². The van der Waals surface area contributed by atoms with E-state index in [0.29, 0.717) is 18.2 Å². The molecule has 2 aromatic heterocycles. The zero-order valence-electron chi connectivity index (χ0n) is 25.5. The minimum absolute atomic E-state index is 0.0535. The molecule has 0 radical (unpaired) electrons. The molecular formula is C30H43N7O5. The Morgan fingerprint density at radius 3 is 2.36 bits per heavy atom. The van der Waals surface area contributed by atoms with Crippen molar-refractivity contribution in [2.75, 3.05) is 89.2 Å². The lowest BCUT2D eigenvalue weighted by Crippen LogP contribution is -2.44. The van der Waals surface area contributed by atoms with E-state index >= 15 is 0 Å². The predicted octanol–water partition coefficient (Wildman–Crippen LogP) is 4.34. The standard InChI is InChI=1S/C30H43N7O5/c1-7-37(8-2)22-11-10-21(3)24(20-22)42-25-13-12-23(41-25)27(38)32-26-28(39-5)33-30(34-29(26)40-6)31-14-9-15-36-18-16-35(4)17-19-36/h10-13,20H,7-9,14-19H2,1-6H3,(H,32,38)(H,31,33,34). The topological polar surface area (TPSA) is 117 Å².